The third-order valence-electron chi connectivity index (χ3n) is 2.37. The van der Waals surface area contributed by atoms with E-state index in [2.05, 4.69) is 40.0 Å². The van der Waals surface area contributed by atoms with E-state index in [-0.39, 0.29) is 0 Å². The van der Waals surface area contributed by atoms with E-state index in [0.29, 0.717) is 19.1 Å². The van der Waals surface area contributed by atoms with Crippen LogP contribution in [0, 0.1) is 5.92 Å². The van der Waals surface area contributed by atoms with E-state index in [1.54, 1.807) is 6.08 Å². The molecule has 0 aliphatic carbocycles. The Kier molecular flexibility index (Phi) is 8.02. The maximum absolute atomic E-state index is 5.36. The van der Waals surface area contributed by atoms with Crippen LogP contribution in [-0.2, 0) is 4.74 Å². The van der Waals surface area contributed by atoms with Gasteiger partial charge in [-0.2, -0.15) is 0 Å². The number of allylic oxidation sites excluding steroid dienone is 2. The minimum atomic E-state index is 0.533. The van der Waals surface area contributed by atoms with Crippen molar-refractivity contribution in [3.05, 3.63) is 36.5 Å². The van der Waals surface area contributed by atoms with Crippen molar-refractivity contribution < 1.29 is 4.74 Å². The fourth-order valence-corrected chi connectivity index (χ4v) is 1.24. The van der Waals surface area contributed by atoms with Gasteiger partial charge in [0.1, 0.15) is 0 Å². The highest BCUT2D eigenvalue weighted by molar-refractivity contribution is 5.01. The molecule has 0 bridgehead atoms. The van der Waals surface area contributed by atoms with Crippen LogP contribution in [0.1, 0.15) is 33.6 Å². The van der Waals surface area contributed by atoms with Gasteiger partial charge < -0.3 is 4.74 Å². The first kappa shape index (κ1) is 14.2. The van der Waals surface area contributed by atoms with Gasteiger partial charge in [0.15, 0.2) is 0 Å². The monoisotopic (exact) mass is 208 g/mol. The van der Waals surface area contributed by atoms with Gasteiger partial charge in [-0.05, 0) is 38.2 Å². The summed E-state index contributed by atoms with van der Waals surface area (Å²) in [5.41, 5.74) is 2.56. The van der Waals surface area contributed by atoms with Crippen LogP contribution in [0.15, 0.2) is 36.5 Å². The molecule has 0 aromatic carbocycles. The van der Waals surface area contributed by atoms with Crippen LogP contribution in [0.5, 0.6) is 0 Å². The van der Waals surface area contributed by atoms with Gasteiger partial charge in [0.05, 0.1) is 13.2 Å². The Balaban J connectivity index is 3.69. The zero-order valence-electron chi connectivity index (χ0n) is 10.4. The lowest BCUT2D eigenvalue weighted by atomic mass is 9.97. The SMILES string of the molecule is C=CCOCC(=C)C(C)CCC=C(C)C. The lowest BCUT2D eigenvalue weighted by molar-refractivity contribution is 0.180. The van der Waals surface area contributed by atoms with Crippen molar-refractivity contribution in [1.29, 1.82) is 0 Å². The van der Waals surface area contributed by atoms with Crippen LogP contribution in [0.2, 0.25) is 0 Å². The van der Waals surface area contributed by atoms with E-state index < -0.39 is 0 Å². The van der Waals surface area contributed by atoms with Crippen LogP contribution in [0.25, 0.3) is 0 Å². The predicted molar refractivity (Wildman–Crippen MR) is 68.0 cm³/mol. The topological polar surface area (TPSA) is 9.23 Å². The molecule has 1 heteroatoms. The van der Waals surface area contributed by atoms with E-state index in [1.165, 1.54) is 11.1 Å². The zero-order chi connectivity index (χ0) is 11.7. The first-order chi connectivity index (χ1) is 7.07. The van der Waals surface area contributed by atoms with Crippen molar-refractivity contribution in [2.75, 3.05) is 13.2 Å². The molecular formula is C14H24O. The zero-order valence-corrected chi connectivity index (χ0v) is 10.4. The molecule has 0 rings (SSSR count). The Morgan fingerprint density at radius 1 is 1.40 bits per heavy atom. The van der Waals surface area contributed by atoms with E-state index in [1.807, 2.05) is 0 Å². The standard InChI is InChI=1S/C14H24O/c1-6-10-15-11-14(5)13(4)9-7-8-12(2)3/h6,8,13H,1,5,7,9-11H2,2-4H3. The van der Waals surface area contributed by atoms with Crippen molar-refractivity contribution in [1.82, 2.24) is 0 Å². The molecule has 0 saturated heterocycles. The van der Waals surface area contributed by atoms with Gasteiger partial charge in [-0.15, -0.1) is 6.58 Å². The summed E-state index contributed by atoms with van der Waals surface area (Å²) in [5, 5.41) is 0. The van der Waals surface area contributed by atoms with Gasteiger partial charge in [-0.3, -0.25) is 0 Å². The normalized spacial score (nSPS) is 11.9. The summed E-state index contributed by atoms with van der Waals surface area (Å²) in [5.74, 6) is 0.533. The van der Waals surface area contributed by atoms with Gasteiger partial charge in [-0.1, -0.05) is 31.2 Å². The van der Waals surface area contributed by atoms with Crippen molar-refractivity contribution in [2.24, 2.45) is 5.92 Å². The molecule has 0 heterocycles. The molecular weight excluding hydrogens is 184 g/mol. The summed E-state index contributed by atoms with van der Waals surface area (Å²) in [6.45, 7) is 15.4. The van der Waals surface area contributed by atoms with Crippen molar-refractivity contribution >= 4 is 0 Å². The smallest absolute Gasteiger partial charge is 0.0681 e. The number of hydrogen-bond acceptors (Lipinski definition) is 1. The third kappa shape index (κ3) is 8.19. The van der Waals surface area contributed by atoms with Crippen LogP contribution < -0.4 is 0 Å². The van der Waals surface area contributed by atoms with Crippen molar-refractivity contribution in [2.45, 2.75) is 33.6 Å². The fraction of sp³-hybridized carbons (Fsp3) is 0.571. The molecule has 0 fully saturated rings. The third-order valence-corrected chi connectivity index (χ3v) is 2.37. The second-order valence-electron chi connectivity index (χ2n) is 4.22. The number of hydrogen-bond donors (Lipinski definition) is 0. The van der Waals surface area contributed by atoms with Crippen LogP contribution in [0.4, 0.5) is 0 Å². The Bertz CT molecular complexity index is 221. The highest BCUT2D eigenvalue weighted by atomic mass is 16.5. The minimum Gasteiger partial charge on any atom is -0.373 e. The molecule has 0 spiro atoms. The molecule has 0 saturated carbocycles. The maximum Gasteiger partial charge on any atom is 0.0681 e. The first-order valence-electron chi connectivity index (χ1n) is 5.57. The molecule has 0 aliphatic rings. The Morgan fingerprint density at radius 2 is 2.07 bits per heavy atom. The summed E-state index contributed by atoms with van der Waals surface area (Å²) in [7, 11) is 0. The van der Waals surface area contributed by atoms with Crippen LogP contribution >= 0.6 is 0 Å². The Hall–Kier alpha value is -0.820. The van der Waals surface area contributed by atoms with Gasteiger partial charge in [0, 0.05) is 0 Å². The molecule has 0 aromatic heterocycles. The molecule has 15 heavy (non-hydrogen) atoms. The predicted octanol–water partition coefficient (Wildman–Crippen LogP) is 4.13. The van der Waals surface area contributed by atoms with E-state index in [9.17, 15) is 0 Å². The number of ether oxygens (including phenoxy) is 1. The fourth-order valence-electron chi connectivity index (χ4n) is 1.24. The van der Waals surface area contributed by atoms with Crippen molar-refractivity contribution in [3.8, 4) is 0 Å². The van der Waals surface area contributed by atoms with Gasteiger partial charge in [0.25, 0.3) is 0 Å². The van der Waals surface area contributed by atoms with E-state index >= 15 is 0 Å². The Morgan fingerprint density at radius 3 is 2.60 bits per heavy atom. The average Bonchev–Trinajstić information content (AvgIpc) is 2.17. The van der Waals surface area contributed by atoms with Crippen LogP contribution in [0.3, 0.4) is 0 Å². The summed E-state index contributed by atoms with van der Waals surface area (Å²) < 4.78 is 5.36. The van der Waals surface area contributed by atoms with Crippen LogP contribution in [-0.4, -0.2) is 13.2 Å². The molecule has 0 N–H and O–H groups in total. The molecule has 0 aromatic rings. The number of rotatable bonds is 8. The second-order valence-corrected chi connectivity index (χ2v) is 4.22. The molecule has 0 radical (unpaired) electrons. The highest BCUT2D eigenvalue weighted by Gasteiger charge is 2.05. The maximum atomic E-state index is 5.36. The summed E-state index contributed by atoms with van der Waals surface area (Å²) >= 11 is 0. The lowest BCUT2D eigenvalue weighted by Crippen LogP contribution is -2.05. The molecule has 1 atom stereocenters. The van der Waals surface area contributed by atoms with E-state index in [4.69, 9.17) is 4.74 Å². The lowest BCUT2D eigenvalue weighted by Gasteiger charge is -2.13. The molecule has 1 nitrogen and oxygen atoms in total. The summed E-state index contributed by atoms with van der Waals surface area (Å²) in [6.07, 6.45) is 6.32. The molecule has 1 unspecified atom stereocenters. The summed E-state index contributed by atoms with van der Waals surface area (Å²) in [6, 6.07) is 0. The minimum absolute atomic E-state index is 0.533. The van der Waals surface area contributed by atoms with Gasteiger partial charge in [-0.25, -0.2) is 0 Å². The largest absolute Gasteiger partial charge is 0.373 e. The summed E-state index contributed by atoms with van der Waals surface area (Å²) in [4.78, 5) is 0. The quantitative estimate of drug-likeness (QED) is 0.430. The molecule has 0 amide bonds. The second kappa shape index (κ2) is 8.49. The Labute approximate surface area is 94.5 Å². The van der Waals surface area contributed by atoms with Crippen molar-refractivity contribution in [3.63, 3.8) is 0 Å². The van der Waals surface area contributed by atoms with Gasteiger partial charge >= 0.3 is 0 Å². The first-order valence-corrected chi connectivity index (χ1v) is 5.57. The van der Waals surface area contributed by atoms with E-state index in [0.717, 1.165) is 12.8 Å². The molecule has 0 aliphatic heterocycles. The van der Waals surface area contributed by atoms with Gasteiger partial charge in [0.2, 0.25) is 0 Å². The molecule has 86 valence electrons. The highest BCUT2D eigenvalue weighted by Crippen LogP contribution is 2.16. The average molecular weight is 208 g/mol.